The van der Waals surface area contributed by atoms with Crippen molar-refractivity contribution in [2.45, 2.75) is 38.6 Å². The van der Waals surface area contributed by atoms with Crippen LogP contribution in [0.5, 0.6) is 5.75 Å². The van der Waals surface area contributed by atoms with E-state index in [9.17, 15) is 23.1 Å². The van der Waals surface area contributed by atoms with Gasteiger partial charge in [0, 0.05) is 38.2 Å². The van der Waals surface area contributed by atoms with Crippen molar-refractivity contribution in [2.75, 3.05) is 32.8 Å². The second-order valence-electron chi connectivity index (χ2n) is 7.27. The minimum absolute atomic E-state index is 0.0863. The molecule has 1 aromatic carbocycles. The summed E-state index contributed by atoms with van der Waals surface area (Å²) in [7, 11) is 0. The topological polar surface area (TPSA) is 109 Å². The number of hydrogen-bond donors (Lipinski definition) is 3. The number of nitrogens with one attached hydrogen (secondary N) is 1. The van der Waals surface area contributed by atoms with Crippen LogP contribution in [0.25, 0.3) is 0 Å². The quantitative estimate of drug-likeness (QED) is 0.418. The van der Waals surface area contributed by atoms with Gasteiger partial charge in [-0.3, -0.25) is 4.99 Å². The van der Waals surface area contributed by atoms with Crippen molar-refractivity contribution in [3.8, 4) is 5.75 Å². The average Bonchev–Trinajstić information content (AvgIpc) is 2.72. The van der Waals surface area contributed by atoms with Gasteiger partial charge >= 0.3 is 12.5 Å². The third kappa shape index (κ3) is 8.91. The fourth-order valence-electron chi connectivity index (χ4n) is 3.25. The number of amides is 1. The first kappa shape index (κ1) is 24.6. The number of nitrogens with zero attached hydrogens (tertiary/aromatic N) is 2. The maximum absolute atomic E-state index is 12.2. The van der Waals surface area contributed by atoms with Crippen LogP contribution in [0, 0.1) is 5.92 Å². The fourth-order valence-corrected chi connectivity index (χ4v) is 3.25. The first-order valence-electron chi connectivity index (χ1n) is 10.1. The number of aliphatic hydroxyl groups is 1. The zero-order chi connectivity index (χ0) is 22.9. The summed E-state index contributed by atoms with van der Waals surface area (Å²) in [6, 6.07) is 5.60. The lowest BCUT2D eigenvalue weighted by Crippen LogP contribution is -2.48. The number of guanidine groups is 1. The Kier molecular flexibility index (Phi) is 9.22. The first-order chi connectivity index (χ1) is 14.7. The van der Waals surface area contributed by atoms with Crippen molar-refractivity contribution in [2.24, 2.45) is 16.6 Å². The number of ether oxygens (including phenoxy) is 2. The van der Waals surface area contributed by atoms with Crippen LogP contribution < -0.4 is 15.8 Å². The van der Waals surface area contributed by atoms with Gasteiger partial charge in [0.05, 0.1) is 6.61 Å². The molecule has 11 heteroatoms. The van der Waals surface area contributed by atoms with Gasteiger partial charge in [-0.25, -0.2) is 4.79 Å². The molecule has 4 N–H and O–H groups in total. The van der Waals surface area contributed by atoms with Gasteiger partial charge in [-0.1, -0.05) is 12.1 Å². The minimum atomic E-state index is -4.73. The van der Waals surface area contributed by atoms with Crippen LogP contribution in [0.2, 0.25) is 0 Å². The summed E-state index contributed by atoms with van der Waals surface area (Å²) in [5, 5.41) is 12.7. The molecule has 8 nitrogen and oxygen atoms in total. The zero-order valence-electron chi connectivity index (χ0n) is 17.4. The number of likely N-dealkylation sites (tertiary alicyclic amines) is 1. The Morgan fingerprint density at radius 3 is 2.52 bits per heavy atom. The standard InChI is InChI=1S/C20H29F3N4O4/c1-2-30-19(29)27-9-7-16(8-10-27)26-18(24)25-12-15(13-28)11-14-3-5-17(6-4-14)31-20(21,22)23/h3-6,15-16,28H,2,7-13H2,1H3,(H3,24,25,26). The largest absolute Gasteiger partial charge is 0.573 e. The van der Waals surface area contributed by atoms with Crippen LogP contribution in [-0.4, -0.2) is 67.3 Å². The summed E-state index contributed by atoms with van der Waals surface area (Å²) in [6.45, 7) is 3.36. The molecule has 1 amide bonds. The van der Waals surface area contributed by atoms with E-state index < -0.39 is 6.36 Å². The lowest BCUT2D eigenvalue weighted by atomic mass is 10.00. The third-order valence-corrected chi connectivity index (χ3v) is 4.83. The van der Waals surface area contributed by atoms with Gasteiger partial charge in [0.1, 0.15) is 5.75 Å². The van der Waals surface area contributed by atoms with Crippen molar-refractivity contribution < 1.29 is 32.5 Å². The molecule has 0 aromatic heterocycles. The SMILES string of the molecule is CCOC(=O)N1CCC(NC(N)=NCC(CO)Cc2ccc(OC(F)(F)F)cc2)CC1. The second kappa shape index (κ2) is 11.6. The highest BCUT2D eigenvalue weighted by Gasteiger charge is 2.31. The summed E-state index contributed by atoms with van der Waals surface area (Å²) < 4.78 is 45.5. The van der Waals surface area contributed by atoms with E-state index in [-0.39, 0.29) is 42.9 Å². The van der Waals surface area contributed by atoms with Crippen molar-refractivity contribution >= 4 is 12.1 Å². The summed E-state index contributed by atoms with van der Waals surface area (Å²) in [4.78, 5) is 17.7. The number of aliphatic imine (C=N–C) groups is 1. The van der Waals surface area contributed by atoms with E-state index in [0.717, 1.165) is 5.56 Å². The molecule has 0 radical (unpaired) electrons. The maximum Gasteiger partial charge on any atom is 0.573 e. The van der Waals surface area contributed by atoms with E-state index in [0.29, 0.717) is 39.0 Å². The molecule has 1 saturated heterocycles. The number of aliphatic hydroxyl groups excluding tert-OH is 1. The van der Waals surface area contributed by atoms with E-state index in [2.05, 4.69) is 15.0 Å². The van der Waals surface area contributed by atoms with Crippen LogP contribution in [0.3, 0.4) is 0 Å². The van der Waals surface area contributed by atoms with Gasteiger partial charge in [-0.05, 0) is 43.9 Å². The molecule has 0 aliphatic carbocycles. The molecule has 1 aliphatic heterocycles. The smallest absolute Gasteiger partial charge is 0.450 e. The summed E-state index contributed by atoms with van der Waals surface area (Å²) in [5.74, 6) is -0.278. The number of nitrogens with two attached hydrogens (primary N) is 1. The molecule has 1 aromatic rings. The van der Waals surface area contributed by atoms with Gasteiger partial charge in [-0.15, -0.1) is 13.2 Å². The Morgan fingerprint density at radius 2 is 1.97 bits per heavy atom. The molecule has 2 rings (SSSR count). The maximum atomic E-state index is 12.2. The molecule has 1 heterocycles. The monoisotopic (exact) mass is 446 g/mol. The number of carbonyl (C=O) groups is 1. The number of alkyl halides is 3. The Bertz CT molecular complexity index is 720. The van der Waals surface area contributed by atoms with Crippen molar-refractivity contribution in [3.63, 3.8) is 0 Å². The van der Waals surface area contributed by atoms with Crippen molar-refractivity contribution in [1.29, 1.82) is 0 Å². The number of benzene rings is 1. The Labute approximate surface area is 179 Å². The van der Waals surface area contributed by atoms with Gasteiger partial charge in [0.2, 0.25) is 0 Å². The number of hydrogen-bond acceptors (Lipinski definition) is 5. The highest BCUT2D eigenvalue weighted by atomic mass is 19.4. The highest BCUT2D eigenvalue weighted by molar-refractivity contribution is 5.78. The summed E-state index contributed by atoms with van der Waals surface area (Å²) in [5.41, 5.74) is 6.70. The lowest BCUT2D eigenvalue weighted by Gasteiger charge is -2.31. The van der Waals surface area contributed by atoms with Crippen molar-refractivity contribution in [3.05, 3.63) is 29.8 Å². The molecule has 0 bridgehead atoms. The number of halogens is 3. The van der Waals surface area contributed by atoms with E-state index in [1.165, 1.54) is 24.3 Å². The predicted octanol–water partition coefficient (Wildman–Crippen LogP) is 2.26. The predicted molar refractivity (Wildman–Crippen MR) is 109 cm³/mol. The number of rotatable bonds is 8. The van der Waals surface area contributed by atoms with Crippen LogP contribution in [0.1, 0.15) is 25.3 Å². The summed E-state index contributed by atoms with van der Waals surface area (Å²) >= 11 is 0. The molecular formula is C20H29F3N4O4. The summed E-state index contributed by atoms with van der Waals surface area (Å²) in [6.07, 6.45) is -3.19. The van der Waals surface area contributed by atoms with Crippen LogP contribution >= 0.6 is 0 Å². The molecule has 1 atom stereocenters. The van der Waals surface area contributed by atoms with E-state index in [4.69, 9.17) is 10.5 Å². The normalized spacial score (nSPS) is 16.7. The van der Waals surface area contributed by atoms with Gasteiger partial charge < -0.3 is 30.5 Å². The molecule has 1 fully saturated rings. The fraction of sp³-hybridized carbons (Fsp3) is 0.600. The van der Waals surface area contributed by atoms with Crippen LogP contribution in [-0.2, 0) is 11.2 Å². The third-order valence-electron chi connectivity index (χ3n) is 4.83. The number of piperidine rings is 1. The zero-order valence-corrected chi connectivity index (χ0v) is 17.4. The lowest BCUT2D eigenvalue weighted by molar-refractivity contribution is -0.274. The van der Waals surface area contributed by atoms with Crippen LogP contribution in [0.4, 0.5) is 18.0 Å². The van der Waals surface area contributed by atoms with E-state index in [1.807, 2.05) is 0 Å². The van der Waals surface area contributed by atoms with Gasteiger partial charge in [-0.2, -0.15) is 0 Å². The number of carbonyl (C=O) groups excluding carboxylic acids is 1. The Balaban J connectivity index is 1.78. The molecule has 1 unspecified atom stereocenters. The van der Waals surface area contributed by atoms with Gasteiger partial charge in [0.25, 0.3) is 0 Å². The van der Waals surface area contributed by atoms with E-state index >= 15 is 0 Å². The Hall–Kier alpha value is -2.69. The molecular weight excluding hydrogens is 417 g/mol. The molecule has 31 heavy (non-hydrogen) atoms. The van der Waals surface area contributed by atoms with Gasteiger partial charge in [0.15, 0.2) is 5.96 Å². The second-order valence-corrected chi connectivity index (χ2v) is 7.27. The molecule has 0 saturated carbocycles. The average molecular weight is 446 g/mol. The Morgan fingerprint density at radius 1 is 1.32 bits per heavy atom. The van der Waals surface area contributed by atoms with Crippen molar-refractivity contribution in [1.82, 2.24) is 10.2 Å². The molecule has 0 spiro atoms. The minimum Gasteiger partial charge on any atom is -0.450 e. The van der Waals surface area contributed by atoms with Crippen LogP contribution in [0.15, 0.2) is 29.3 Å². The van der Waals surface area contributed by atoms with E-state index in [1.54, 1.807) is 11.8 Å². The first-order valence-corrected chi connectivity index (χ1v) is 10.1. The molecule has 174 valence electrons. The highest BCUT2D eigenvalue weighted by Crippen LogP contribution is 2.23. The molecule has 1 aliphatic rings.